The van der Waals surface area contributed by atoms with Crippen LogP contribution in [0.5, 0.6) is 5.75 Å². The monoisotopic (exact) mass is 449 g/mol. The lowest BCUT2D eigenvalue weighted by Gasteiger charge is -2.42. The summed E-state index contributed by atoms with van der Waals surface area (Å²) >= 11 is 0. The largest absolute Gasteiger partial charge is 0.496 e. The van der Waals surface area contributed by atoms with E-state index in [9.17, 15) is 9.59 Å². The number of benzene rings is 2. The lowest BCUT2D eigenvalue weighted by Crippen LogP contribution is -2.48. The summed E-state index contributed by atoms with van der Waals surface area (Å²) in [6.45, 7) is 3.35. The Morgan fingerprint density at radius 1 is 0.939 bits per heavy atom. The normalized spacial score (nSPS) is 21.5. The highest BCUT2D eigenvalue weighted by Gasteiger charge is 2.32. The van der Waals surface area contributed by atoms with Crippen molar-refractivity contribution in [3.63, 3.8) is 0 Å². The fraction of sp³-hybridized carbons (Fsp3) is 0.481. The minimum absolute atomic E-state index is 0.0132. The average molecular weight is 450 g/mol. The Kier molecular flexibility index (Phi) is 8.13. The number of hydrogen-bond acceptors (Lipinski definition) is 5. The van der Waals surface area contributed by atoms with Crippen LogP contribution in [-0.4, -0.2) is 54.4 Å². The molecule has 2 aliphatic rings. The van der Waals surface area contributed by atoms with E-state index in [1.807, 2.05) is 12.1 Å². The quantitative estimate of drug-likeness (QED) is 0.440. The van der Waals surface area contributed by atoms with Gasteiger partial charge in [-0.1, -0.05) is 48.5 Å². The molecule has 2 aromatic carbocycles. The van der Waals surface area contributed by atoms with Crippen molar-refractivity contribution in [2.24, 2.45) is 0 Å². The van der Waals surface area contributed by atoms with E-state index in [1.165, 1.54) is 16.0 Å². The second kappa shape index (κ2) is 11.4. The Morgan fingerprint density at radius 3 is 2.39 bits per heavy atom. The number of carbonyl (C=O) groups excluding carboxylic acids is 2. The second-order valence-electron chi connectivity index (χ2n) is 8.98. The number of ether oxygens (including phenoxy) is 1. The van der Waals surface area contributed by atoms with Gasteiger partial charge in [0.2, 0.25) is 11.8 Å². The van der Waals surface area contributed by atoms with Crippen molar-refractivity contribution in [3.05, 3.63) is 65.7 Å². The van der Waals surface area contributed by atoms with Gasteiger partial charge >= 0.3 is 0 Å². The molecule has 0 aliphatic carbocycles. The molecular formula is C27H35N3O3. The topological polar surface area (TPSA) is 61.9 Å². The van der Waals surface area contributed by atoms with E-state index in [1.54, 1.807) is 7.11 Å². The standard InChI is InChI=1S/C27H35N3O3/c1-33-24-14-6-5-12-22(24)20-28-23-13-9-18-29(27(23)21-10-3-2-4-11-21)17-7-8-19-30-25(31)15-16-26(30)32/h2-6,10-12,14,23,27-28H,7-9,13,15-20H2,1H3. The molecule has 33 heavy (non-hydrogen) atoms. The van der Waals surface area contributed by atoms with Crippen LogP contribution >= 0.6 is 0 Å². The molecule has 2 unspecified atom stereocenters. The molecule has 0 spiro atoms. The zero-order valence-electron chi connectivity index (χ0n) is 19.5. The molecule has 6 heteroatoms. The predicted molar refractivity (Wildman–Crippen MR) is 129 cm³/mol. The molecule has 2 heterocycles. The maximum Gasteiger partial charge on any atom is 0.229 e. The number of likely N-dealkylation sites (tertiary alicyclic amines) is 2. The minimum atomic E-state index is -0.0132. The van der Waals surface area contributed by atoms with Gasteiger partial charge in [0.05, 0.1) is 13.2 Å². The fourth-order valence-electron chi connectivity index (χ4n) is 5.17. The van der Waals surface area contributed by atoms with Crippen LogP contribution in [0.1, 0.15) is 55.7 Å². The van der Waals surface area contributed by atoms with Gasteiger partial charge in [0.15, 0.2) is 0 Å². The molecule has 2 amide bonds. The number of nitrogens with zero attached hydrogens (tertiary/aromatic N) is 2. The summed E-state index contributed by atoms with van der Waals surface area (Å²) in [7, 11) is 1.72. The highest BCUT2D eigenvalue weighted by molar-refractivity contribution is 6.01. The molecule has 0 radical (unpaired) electrons. The molecule has 2 fully saturated rings. The zero-order valence-corrected chi connectivity index (χ0v) is 19.5. The Balaban J connectivity index is 1.40. The van der Waals surface area contributed by atoms with Crippen molar-refractivity contribution in [1.82, 2.24) is 15.1 Å². The lowest BCUT2D eigenvalue weighted by molar-refractivity contribution is -0.138. The number of carbonyl (C=O) groups is 2. The van der Waals surface area contributed by atoms with E-state index in [4.69, 9.17) is 4.74 Å². The summed E-state index contributed by atoms with van der Waals surface area (Å²) in [4.78, 5) is 27.8. The molecule has 0 aromatic heterocycles. The van der Waals surface area contributed by atoms with Crippen LogP contribution < -0.4 is 10.1 Å². The van der Waals surface area contributed by atoms with Crippen LogP contribution in [0.25, 0.3) is 0 Å². The van der Waals surface area contributed by atoms with E-state index in [-0.39, 0.29) is 11.8 Å². The summed E-state index contributed by atoms with van der Waals surface area (Å²) in [5, 5.41) is 3.82. The first-order valence-corrected chi connectivity index (χ1v) is 12.1. The molecule has 1 N–H and O–H groups in total. The first-order chi connectivity index (χ1) is 16.2. The van der Waals surface area contributed by atoms with Crippen LogP contribution in [0.2, 0.25) is 0 Å². The number of methoxy groups -OCH3 is 1. The van der Waals surface area contributed by atoms with Crippen molar-refractivity contribution >= 4 is 11.8 Å². The molecular weight excluding hydrogens is 414 g/mol. The SMILES string of the molecule is COc1ccccc1CNC1CCCN(CCCCN2C(=O)CCC2=O)C1c1ccccc1. The maximum atomic E-state index is 11.9. The van der Waals surface area contributed by atoms with Gasteiger partial charge in [-0.25, -0.2) is 0 Å². The summed E-state index contributed by atoms with van der Waals surface area (Å²) in [5.41, 5.74) is 2.50. The van der Waals surface area contributed by atoms with E-state index < -0.39 is 0 Å². The molecule has 2 aromatic rings. The number of amides is 2. The lowest BCUT2D eigenvalue weighted by atomic mass is 9.89. The average Bonchev–Trinajstić information content (AvgIpc) is 3.18. The van der Waals surface area contributed by atoms with Gasteiger partial charge in [-0.05, 0) is 50.4 Å². The predicted octanol–water partition coefficient (Wildman–Crippen LogP) is 3.92. The molecule has 6 nitrogen and oxygen atoms in total. The van der Waals surface area contributed by atoms with Gasteiger partial charge in [0.25, 0.3) is 0 Å². The number of imide groups is 1. The maximum absolute atomic E-state index is 11.9. The number of nitrogens with one attached hydrogen (secondary N) is 1. The number of rotatable bonds is 10. The summed E-state index contributed by atoms with van der Waals surface area (Å²) in [6.07, 6.45) is 4.85. The molecule has 2 atom stereocenters. The first-order valence-electron chi connectivity index (χ1n) is 12.1. The van der Waals surface area contributed by atoms with E-state index >= 15 is 0 Å². The molecule has 176 valence electrons. The zero-order chi connectivity index (χ0) is 23.0. The third-order valence-corrected chi connectivity index (χ3v) is 6.86. The Hall–Kier alpha value is -2.70. The molecule has 0 bridgehead atoms. The third kappa shape index (κ3) is 5.81. The fourth-order valence-corrected chi connectivity index (χ4v) is 5.17. The Bertz CT molecular complexity index is 917. The van der Waals surface area contributed by atoms with E-state index in [0.29, 0.717) is 31.5 Å². The van der Waals surface area contributed by atoms with Crippen LogP contribution in [-0.2, 0) is 16.1 Å². The van der Waals surface area contributed by atoms with Gasteiger partial charge in [-0.3, -0.25) is 19.4 Å². The van der Waals surface area contributed by atoms with Gasteiger partial charge in [0.1, 0.15) is 5.75 Å². The van der Waals surface area contributed by atoms with E-state index in [2.05, 4.69) is 52.7 Å². The number of piperidine rings is 1. The number of para-hydroxylation sites is 1. The van der Waals surface area contributed by atoms with Crippen LogP contribution in [0.3, 0.4) is 0 Å². The van der Waals surface area contributed by atoms with Crippen molar-refractivity contribution in [2.45, 2.75) is 57.2 Å². The first kappa shape index (κ1) is 23.5. The highest BCUT2D eigenvalue weighted by atomic mass is 16.5. The Morgan fingerprint density at radius 2 is 1.64 bits per heavy atom. The van der Waals surface area contributed by atoms with Crippen molar-refractivity contribution in [3.8, 4) is 5.75 Å². The summed E-state index contributed by atoms with van der Waals surface area (Å²) in [6, 6.07) is 19.6. The number of unbranched alkanes of at least 4 members (excludes halogenated alkanes) is 1. The van der Waals surface area contributed by atoms with Crippen LogP contribution in [0.4, 0.5) is 0 Å². The smallest absolute Gasteiger partial charge is 0.229 e. The minimum Gasteiger partial charge on any atom is -0.496 e. The van der Waals surface area contributed by atoms with Gasteiger partial charge in [-0.15, -0.1) is 0 Å². The van der Waals surface area contributed by atoms with Crippen LogP contribution in [0, 0.1) is 0 Å². The molecule has 2 saturated heterocycles. The van der Waals surface area contributed by atoms with Crippen molar-refractivity contribution < 1.29 is 14.3 Å². The van der Waals surface area contributed by atoms with Gasteiger partial charge < -0.3 is 10.1 Å². The van der Waals surface area contributed by atoms with Crippen molar-refractivity contribution in [1.29, 1.82) is 0 Å². The number of hydrogen-bond donors (Lipinski definition) is 1. The van der Waals surface area contributed by atoms with Crippen LogP contribution in [0.15, 0.2) is 54.6 Å². The molecule has 4 rings (SSSR count). The third-order valence-electron chi connectivity index (χ3n) is 6.86. The van der Waals surface area contributed by atoms with Crippen molar-refractivity contribution in [2.75, 3.05) is 26.7 Å². The summed E-state index contributed by atoms with van der Waals surface area (Å²) in [5.74, 6) is 0.890. The summed E-state index contributed by atoms with van der Waals surface area (Å²) < 4.78 is 5.54. The molecule has 2 aliphatic heterocycles. The van der Waals surface area contributed by atoms with E-state index in [0.717, 1.165) is 51.1 Å². The van der Waals surface area contributed by atoms with Gasteiger partial charge in [-0.2, -0.15) is 0 Å². The second-order valence-corrected chi connectivity index (χ2v) is 8.98. The van der Waals surface area contributed by atoms with Gasteiger partial charge in [0, 0.05) is 37.5 Å². The Labute approximate surface area is 196 Å². The molecule has 0 saturated carbocycles. The highest BCUT2D eigenvalue weighted by Crippen LogP contribution is 2.32.